The summed E-state index contributed by atoms with van der Waals surface area (Å²) in [4.78, 5) is 0. The number of fused-ring (bicyclic) bond motifs is 2. The molecule has 3 saturated carbocycles. The minimum atomic E-state index is 0.578. The van der Waals surface area contributed by atoms with Gasteiger partial charge in [-0.15, -0.1) is 0 Å². The second-order valence-electron chi connectivity index (χ2n) is 8.51. The Kier molecular flexibility index (Phi) is 4.00. The zero-order valence-corrected chi connectivity index (χ0v) is 15.1. The molecule has 3 fully saturated rings. The fraction of sp³-hybridized carbons (Fsp3) is 0.478. The van der Waals surface area contributed by atoms with Crippen molar-refractivity contribution in [3.05, 3.63) is 60.2 Å². The fourth-order valence-electron chi connectivity index (χ4n) is 5.11. The van der Waals surface area contributed by atoms with Crippen LogP contribution in [-0.4, -0.2) is 6.04 Å². The summed E-state index contributed by atoms with van der Waals surface area (Å²) < 4.78 is 0. The first-order valence-corrected chi connectivity index (χ1v) is 9.43. The molecule has 1 nitrogen and oxygen atoms in total. The summed E-state index contributed by atoms with van der Waals surface area (Å²) in [5.41, 5.74) is 4.56. The van der Waals surface area contributed by atoms with Gasteiger partial charge in [-0.25, -0.2) is 0 Å². The molecular formula is C23H29N. The summed E-state index contributed by atoms with van der Waals surface area (Å²) in [6.07, 6.45) is 2.81. The summed E-state index contributed by atoms with van der Waals surface area (Å²) in [5.74, 6) is 2.64. The predicted octanol–water partition coefficient (Wildman–Crippen LogP) is 5.51. The van der Waals surface area contributed by atoms with Crippen molar-refractivity contribution in [2.75, 3.05) is 0 Å². The van der Waals surface area contributed by atoms with E-state index in [0.29, 0.717) is 11.5 Å². The molecule has 5 rings (SSSR count). The highest BCUT2D eigenvalue weighted by atomic mass is 14.9. The van der Waals surface area contributed by atoms with Crippen molar-refractivity contribution in [3.8, 4) is 11.1 Å². The van der Waals surface area contributed by atoms with Crippen LogP contribution < -0.4 is 5.32 Å². The van der Waals surface area contributed by atoms with Crippen LogP contribution in [0.25, 0.3) is 11.1 Å². The second-order valence-corrected chi connectivity index (χ2v) is 8.51. The summed E-state index contributed by atoms with van der Waals surface area (Å²) in [7, 11) is 0. The molecule has 1 N–H and O–H groups in total. The third-order valence-electron chi connectivity index (χ3n) is 6.98. The third-order valence-corrected chi connectivity index (χ3v) is 6.98. The maximum Gasteiger partial charge on any atom is 0.0208 e. The monoisotopic (exact) mass is 319 g/mol. The number of benzene rings is 2. The van der Waals surface area contributed by atoms with Gasteiger partial charge in [0.1, 0.15) is 0 Å². The molecule has 3 aliphatic rings. The summed E-state index contributed by atoms with van der Waals surface area (Å²) in [6.45, 7) is 8.39. The number of hydrogen-bond acceptors (Lipinski definition) is 1. The molecule has 4 atom stereocenters. The summed E-state index contributed by atoms with van der Waals surface area (Å²) >= 11 is 0. The highest BCUT2D eigenvalue weighted by Gasteiger charge is 2.55. The Labute approximate surface area is 146 Å². The number of nitrogens with one attached hydrogen (secondary N) is 1. The lowest BCUT2D eigenvalue weighted by Crippen LogP contribution is -2.59. The molecule has 126 valence electrons. The Hall–Kier alpha value is -1.60. The molecule has 0 spiro atoms. The Morgan fingerprint density at radius 1 is 0.917 bits per heavy atom. The first kappa shape index (κ1) is 15.9. The Morgan fingerprint density at radius 2 is 1.58 bits per heavy atom. The molecule has 0 aromatic heterocycles. The molecule has 0 radical (unpaired) electrons. The standard InChI is InChI=1S/C23H29N/c1-16-21-13-20(23(21,2)3)14-22(16)24-15-17-9-11-19(12-10-17)18-7-5-4-6-8-18/h4-12,16,20-22,24H,13-15H2,1-3H3/t16-,20+,21-,22-/m0/s1. The van der Waals surface area contributed by atoms with Gasteiger partial charge >= 0.3 is 0 Å². The fourth-order valence-corrected chi connectivity index (χ4v) is 5.11. The SMILES string of the molecule is C[C@@H]1[C@@H](NCc2ccc(-c3ccccc3)cc2)C[C@H]2C[C@@H]1C2(C)C. The van der Waals surface area contributed by atoms with Gasteiger partial charge in [0.2, 0.25) is 0 Å². The van der Waals surface area contributed by atoms with Gasteiger partial charge < -0.3 is 5.32 Å². The van der Waals surface area contributed by atoms with Gasteiger partial charge in [-0.1, -0.05) is 75.4 Å². The number of hydrogen-bond donors (Lipinski definition) is 1. The van der Waals surface area contributed by atoms with Crippen LogP contribution in [0.1, 0.15) is 39.2 Å². The summed E-state index contributed by atoms with van der Waals surface area (Å²) in [6, 6.07) is 20.3. The van der Waals surface area contributed by atoms with Crippen molar-refractivity contribution in [3.63, 3.8) is 0 Å². The van der Waals surface area contributed by atoms with Crippen molar-refractivity contribution >= 4 is 0 Å². The lowest BCUT2D eigenvalue weighted by molar-refractivity contribution is -0.115. The largest absolute Gasteiger partial charge is 0.310 e. The average molecular weight is 319 g/mol. The van der Waals surface area contributed by atoms with E-state index in [1.165, 1.54) is 29.5 Å². The van der Waals surface area contributed by atoms with Gasteiger partial charge in [0, 0.05) is 12.6 Å². The lowest BCUT2D eigenvalue weighted by Gasteiger charge is -2.62. The normalized spacial score (nSPS) is 30.6. The lowest BCUT2D eigenvalue weighted by atomic mass is 9.45. The predicted molar refractivity (Wildman–Crippen MR) is 102 cm³/mol. The van der Waals surface area contributed by atoms with Crippen molar-refractivity contribution < 1.29 is 0 Å². The van der Waals surface area contributed by atoms with Crippen LogP contribution in [0.2, 0.25) is 0 Å². The molecule has 0 heterocycles. The van der Waals surface area contributed by atoms with Crippen molar-refractivity contribution in [2.45, 2.75) is 46.2 Å². The number of rotatable bonds is 4. The van der Waals surface area contributed by atoms with Crippen LogP contribution in [0.4, 0.5) is 0 Å². The maximum atomic E-state index is 3.85. The van der Waals surface area contributed by atoms with E-state index >= 15 is 0 Å². The van der Waals surface area contributed by atoms with Gasteiger partial charge in [0.15, 0.2) is 0 Å². The van der Waals surface area contributed by atoms with E-state index in [9.17, 15) is 0 Å². The maximum absolute atomic E-state index is 3.85. The molecule has 0 unspecified atom stereocenters. The van der Waals surface area contributed by atoms with E-state index in [-0.39, 0.29) is 0 Å². The van der Waals surface area contributed by atoms with Gasteiger partial charge in [-0.3, -0.25) is 0 Å². The molecule has 1 heteroatoms. The molecule has 0 saturated heterocycles. The van der Waals surface area contributed by atoms with Gasteiger partial charge in [-0.2, -0.15) is 0 Å². The molecule has 24 heavy (non-hydrogen) atoms. The smallest absolute Gasteiger partial charge is 0.0208 e. The van der Waals surface area contributed by atoms with Gasteiger partial charge in [0.25, 0.3) is 0 Å². The molecule has 0 amide bonds. The van der Waals surface area contributed by atoms with E-state index in [1.807, 2.05) is 0 Å². The van der Waals surface area contributed by atoms with Crippen LogP contribution in [0.15, 0.2) is 54.6 Å². The van der Waals surface area contributed by atoms with E-state index in [2.05, 4.69) is 80.7 Å². The molecular weight excluding hydrogens is 290 g/mol. The zero-order valence-electron chi connectivity index (χ0n) is 15.1. The van der Waals surface area contributed by atoms with Crippen LogP contribution in [0, 0.1) is 23.2 Å². The van der Waals surface area contributed by atoms with Gasteiger partial charge in [-0.05, 0) is 52.7 Å². The first-order chi connectivity index (χ1) is 11.6. The first-order valence-electron chi connectivity index (χ1n) is 9.43. The topological polar surface area (TPSA) is 12.0 Å². The average Bonchev–Trinajstić information content (AvgIpc) is 2.61. The van der Waals surface area contributed by atoms with E-state index in [0.717, 1.165) is 24.3 Å². The zero-order chi connectivity index (χ0) is 16.7. The van der Waals surface area contributed by atoms with Crippen LogP contribution in [0.3, 0.4) is 0 Å². The summed E-state index contributed by atoms with van der Waals surface area (Å²) in [5, 5.41) is 3.85. The molecule has 2 aromatic carbocycles. The van der Waals surface area contributed by atoms with Crippen LogP contribution >= 0.6 is 0 Å². The molecule has 2 aromatic rings. The van der Waals surface area contributed by atoms with E-state index < -0.39 is 0 Å². The highest BCUT2D eigenvalue weighted by Crippen LogP contribution is 2.61. The van der Waals surface area contributed by atoms with E-state index in [4.69, 9.17) is 0 Å². The van der Waals surface area contributed by atoms with Crippen molar-refractivity contribution in [1.82, 2.24) is 5.32 Å². The van der Waals surface area contributed by atoms with Crippen molar-refractivity contribution in [1.29, 1.82) is 0 Å². The Bertz CT molecular complexity index is 686. The molecule has 0 aliphatic heterocycles. The van der Waals surface area contributed by atoms with Crippen molar-refractivity contribution in [2.24, 2.45) is 23.2 Å². The quantitative estimate of drug-likeness (QED) is 0.783. The third kappa shape index (κ3) is 2.69. The Balaban J connectivity index is 1.37. The van der Waals surface area contributed by atoms with Crippen LogP contribution in [-0.2, 0) is 6.54 Å². The van der Waals surface area contributed by atoms with Gasteiger partial charge in [0.05, 0.1) is 0 Å². The Morgan fingerprint density at radius 3 is 2.21 bits per heavy atom. The van der Waals surface area contributed by atoms with E-state index in [1.54, 1.807) is 0 Å². The second kappa shape index (κ2) is 6.04. The highest BCUT2D eigenvalue weighted by molar-refractivity contribution is 5.63. The minimum Gasteiger partial charge on any atom is -0.310 e. The minimum absolute atomic E-state index is 0.578. The molecule has 3 aliphatic carbocycles. The molecule has 2 bridgehead atoms. The van der Waals surface area contributed by atoms with Crippen LogP contribution in [0.5, 0.6) is 0 Å².